The number of unbranched alkanes of at least 4 members (excludes halogenated alkanes) is 1. The first kappa shape index (κ1) is 18.3. The Morgan fingerprint density at radius 1 is 1.27 bits per heavy atom. The zero-order chi connectivity index (χ0) is 16.4. The second-order valence-electron chi connectivity index (χ2n) is 5.02. The molecule has 1 aromatic rings. The molecule has 0 aromatic heterocycles. The summed E-state index contributed by atoms with van der Waals surface area (Å²) >= 11 is 5.86. The Morgan fingerprint density at radius 3 is 2.55 bits per heavy atom. The lowest BCUT2D eigenvalue weighted by atomic mass is 10.0. The Morgan fingerprint density at radius 2 is 1.95 bits per heavy atom. The van der Waals surface area contributed by atoms with E-state index in [1.54, 1.807) is 12.1 Å². The molecule has 6 heteroatoms. The predicted molar refractivity (Wildman–Crippen MR) is 85.1 cm³/mol. The fraction of sp³-hybridized carbons (Fsp3) is 0.500. The molecular formula is C16H22ClNO4. The number of aliphatic carboxylic acids is 1. The number of carboxylic acid groups (broad SMARTS) is 1. The highest BCUT2D eigenvalue weighted by molar-refractivity contribution is 6.30. The van der Waals surface area contributed by atoms with Crippen molar-refractivity contribution in [2.24, 2.45) is 0 Å². The molecule has 0 radical (unpaired) electrons. The van der Waals surface area contributed by atoms with Gasteiger partial charge in [0.25, 0.3) is 0 Å². The van der Waals surface area contributed by atoms with Gasteiger partial charge in [-0.15, -0.1) is 0 Å². The average Bonchev–Trinajstić information content (AvgIpc) is 2.47. The second kappa shape index (κ2) is 10.1. The zero-order valence-corrected chi connectivity index (χ0v) is 13.4. The van der Waals surface area contributed by atoms with Crippen molar-refractivity contribution < 1.29 is 19.4 Å². The van der Waals surface area contributed by atoms with Crippen LogP contribution >= 0.6 is 11.6 Å². The third-order valence-electron chi connectivity index (χ3n) is 3.18. The fourth-order valence-electron chi connectivity index (χ4n) is 1.97. The van der Waals surface area contributed by atoms with Gasteiger partial charge >= 0.3 is 12.1 Å². The summed E-state index contributed by atoms with van der Waals surface area (Å²) in [7, 11) is 0. The molecule has 0 bridgehead atoms. The van der Waals surface area contributed by atoms with Gasteiger partial charge in [0.15, 0.2) is 0 Å². The third-order valence-corrected chi connectivity index (χ3v) is 3.43. The molecule has 1 atom stereocenters. The van der Waals surface area contributed by atoms with E-state index >= 15 is 0 Å². The van der Waals surface area contributed by atoms with Crippen LogP contribution in [-0.4, -0.2) is 23.8 Å². The summed E-state index contributed by atoms with van der Waals surface area (Å²) in [6.45, 7) is 2.40. The highest BCUT2D eigenvalue weighted by atomic mass is 35.5. The quantitative estimate of drug-likeness (QED) is 0.668. The number of hydrogen-bond acceptors (Lipinski definition) is 3. The molecule has 1 amide bonds. The number of rotatable bonds is 9. The summed E-state index contributed by atoms with van der Waals surface area (Å²) in [6, 6.07) is 6.84. The van der Waals surface area contributed by atoms with Crippen molar-refractivity contribution in [2.45, 2.75) is 45.1 Å². The second-order valence-corrected chi connectivity index (χ2v) is 5.46. The van der Waals surface area contributed by atoms with Crippen molar-refractivity contribution >= 4 is 23.7 Å². The Hall–Kier alpha value is -1.75. The molecule has 0 saturated heterocycles. The summed E-state index contributed by atoms with van der Waals surface area (Å²) in [5.74, 6) is -0.847. The van der Waals surface area contributed by atoms with Crippen LogP contribution < -0.4 is 5.32 Å². The average molecular weight is 328 g/mol. The molecule has 0 fully saturated rings. The van der Waals surface area contributed by atoms with E-state index < -0.39 is 12.1 Å². The molecule has 1 unspecified atom stereocenters. The Bertz CT molecular complexity index is 476. The summed E-state index contributed by atoms with van der Waals surface area (Å²) < 4.78 is 5.09. The van der Waals surface area contributed by atoms with Crippen molar-refractivity contribution in [1.29, 1.82) is 0 Å². The first-order valence-electron chi connectivity index (χ1n) is 7.43. The first-order valence-corrected chi connectivity index (χ1v) is 7.81. The van der Waals surface area contributed by atoms with Gasteiger partial charge in [0, 0.05) is 11.4 Å². The fourth-order valence-corrected chi connectivity index (χ4v) is 2.09. The van der Waals surface area contributed by atoms with Gasteiger partial charge in [-0.3, -0.25) is 4.79 Å². The van der Waals surface area contributed by atoms with Crippen molar-refractivity contribution in [3.05, 3.63) is 34.9 Å². The third kappa shape index (κ3) is 7.31. The predicted octanol–water partition coefficient (Wildman–Crippen LogP) is 4.16. The number of ether oxygens (including phenoxy) is 1. The lowest BCUT2D eigenvalue weighted by Crippen LogP contribution is -2.29. The van der Waals surface area contributed by atoms with Crippen LogP contribution in [0.3, 0.4) is 0 Å². The molecule has 0 heterocycles. The number of benzene rings is 1. The van der Waals surface area contributed by atoms with E-state index in [2.05, 4.69) is 5.32 Å². The van der Waals surface area contributed by atoms with Gasteiger partial charge < -0.3 is 15.2 Å². The SMILES string of the molecule is CCCCOC(=O)NC(CCCC(=O)O)c1ccc(Cl)cc1. The number of alkyl carbamates (subject to hydrolysis) is 1. The van der Waals surface area contributed by atoms with Crippen molar-refractivity contribution in [3.63, 3.8) is 0 Å². The molecule has 0 spiro atoms. The van der Waals surface area contributed by atoms with Crippen LogP contribution in [-0.2, 0) is 9.53 Å². The van der Waals surface area contributed by atoms with Gasteiger partial charge in [-0.2, -0.15) is 0 Å². The topological polar surface area (TPSA) is 75.6 Å². The van der Waals surface area contributed by atoms with Gasteiger partial charge in [-0.05, 0) is 37.0 Å². The van der Waals surface area contributed by atoms with Gasteiger partial charge in [-0.1, -0.05) is 37.1 Å². The number of amides is 1. The van der Waals surface area contributed by atoms with E-state index in [4.69, 9.17) is 21.4 Å². The monoisotopic (exact) mass is 327 g/mol. The van der Waals surface area contributed by atoms with Crippen LogP contribution in [0.15, 0.2) is 24.3 Å². The van der Waals surface area contributed by atoms with E-state index in [-0.39, 0.29) is 12.5 Å². The molecule has 22 heavy (non-hydrogen) atoms. The maximum atomic E-state index is 11.8. The minimum Gasteiger partial charge on any atom is -0.481 e. The highest BCUT2D eigenvalue weighted by Gasteiger charge is 2.16. The van der Waals surface area contributed by atoms with Crippen LogP contribution in [0.25, 0.3) is 0 Å². The van der Waals surface area contributed by atoms with Crippen molar-refractivity contribution in [1.82, 2.24) is 5.32 Å². The Balaban J connectivity index is 2.62. The Labute approximate surface area is 135 Å². The molecule has 5 nitrogen and oxygen atoms in total. The Kier molecular flexibility index (Phi) is 8.36. The lowest BCUT2D eigenvalue weighted by molar-refractivity contribution is -0.137. The minimum atomic E-state index is -0.847. The number of nitrogens with one attached hydrogen (secondary N) is 1. The molecule has 0 aliphatic carbocycles. The number of carbonyl (C=O) groups excluding carboxylic acids is 1. The van der Waals surface area contributed by atoms with E-state index in [0.29, 0.717) is 24.5 Å². The van der Waals surface area contributed by atoms with E-state index in [1.807, 2.05) is 19.1 Å². The summed E-state index contributed by atoms with van der Waals surface area (Å²) in [5, 5.41) is 12.1. The molecule has 2 N–H and O–H groups in total. The largest absolute Gasteiger partial charge is 0.481 e. The molecule has 1 rings (SSSR count). The van der Waals surface area contributed by atoms with Gasteiger partial charge in [0.2, 0.25) is 0 Å². The summed E-state index contributed by atoms with van der Waals surface area (Å²) in [5.41, 5.74) is 0.877. The van der Waals surface area contributed by atoms with E-state index in [0.717, 1.165) is 18.4 Å². The van der Waals surface area contributed by atoms with Crippen LogP contribution in [0.5, 0.6) is 0 Å². The van der Waals surface area contributed by atoms with Crippen LogP contribution in [0.4, 0.5) is 4.79 Å². The molecule has 122 valence electrons. The van der Waals surface area contributed by atoms with E-state index in [9.17, 15) is 9.59 Å². The zero-order valence-electron chi connectivity index (χ0n) is 12.7. The minimum absolute atomic E-state index is 0.0661. The van der Waals surface area contributed by atoms with Gasteiger partial charge in [0.1, 0.15) is 0 Å². The van der Waals surface area contributed by atoms with E-state index in [1.165, 1.54) is 0 Å². The maximum absolute atomic E-state index is 11.8. The summed E-state index contributed by atoms with van der Waals surface area (Å²) in [6.07, 6.45) is 2.35. The maximum Gasteiger partial charge on any atom is 0.407 e. The smallest absolute Gasteiger partial charge is 0.407 e. The normalized spacial score (nSPS) is 11.7. The molecule has 1 aromatic carbocycles. The number of hydrogen-bond donors (Lipinski definition) is 2. The number of carboxylic acids is 1. The van der Waals surface area contributed by atoms with Crippen molar-refractivity contribution in [3.8, 4) is 0 Å². The molecule has 0 saturated carbocycles. The van der Waals surface area contributed by atoms with Crippen LogP contribution in [0.1, 0.15) is 50.6 Å². The molecular weight excluding hydrogens is 306 g/mol. The van der Waals surface area contributed by atoms with Crippen LogP contribution in [0, 0.1) is 0 Å². The number of carbonyl (C=O) groups is 2. The van der Waals surface area contributed by atoms with Gasteiger partial charge in [-0.25, -0.2) is 4.79 Å². The molecule has 0 aliphatic rings. The highest BCUT2D eigenvalue weighted by Crippen LogP contribution is 2.21. The van der Waals surface area contributed by atoms with Crippen LogP contribution in [0.2, 0.25) is 5.02 Å². The van der Waals surface area contributed by atoms with Gasteiger partial charge in [0.05, 0.1) is 12.6 Å². The number of halogens is 1. The first-order chi connectivity index (χ1) is 10.5. The lowest BCUT2D eigenvalue weighted by Gasteiger charge is -2.19. The standard InChI is InChI=1S/C16H22ClNO4/c1-2-3-11-22-16(21)18-14(5-4-6-15(19)20)12-7-9-13(17)10-8-12/h7-10,14H,2-6,11H2,1H3,(H,18,21)(H,19,20). The molecule has 0 aliphatic heterocycles. The summed E-state index contributed by atoms with van der Waals surface area (Å²) in [4.78, 5) is 22.4. The van der Waals surface area contributed by atoms with Crippen molar-refractivity contribution in [2.75, 3.05) is 6.61 Å².